The minimum absolute atomic E-state index is 0.00208. The second-order valence-electron chi connectivity index (χ2n) is 4.73. The summed E-state index contributed by atoms with van der Waals surface area (Å²) < 4.78 is 37.7. The highest BCUT2D eigenvalue weighted by Gasteiger charge is 2.33. The zero-order valence-corrected chi connectivity index (χ0v) is 11.0. The monoisotopic (exact) mass is 276 g/mol. The molecule has 1 atom stereocenters. The van der Waals surface area contributed by atoms with Crippen LogP contribution in [0.4, 0.5) is 13.2 Å². The molecule has 5 heteroatoms. The zero-order valence-electron chi connectivity index (χ0n) is 11.0. The van der Waals surface area contributed by atoms with Crippen molar-refractivity contribution in [2.24, 2.45) is 0 Å². The second kappa shape index (κ2) is 5.92. The van der Waals surface area contributed by atoms with Gasteiger partial charge in [0.2, 0.25) is 0 Å². The molecule has 1 aromatic carbocycles. The van der Waals surface area contributed by atoms with E-state index in [1.807, 2.05) is 0 Å². The van der Waals surface area contributed by atoms with Crippen molar-refractivity contribution in [2.45, 2.75) is 51.0 Å². The summed E-state index contributed by atoms with van der Waals surface area (Å²) in [6, 6.07) is 4.82. The minimum Gasteiger partial charge on any atom is -0.390 e. The molecule has 0 bridgehead atoms. The molecule has 0 aliphatic heterocycles. The summed E-state index contributed by atoms with van der Waals surface area (Å²) >= 11 is 0. The summed E-state index contributed by atoms with van der Waals surface area (Å²) in [5.41, 5.74) is -1.63. The Morgan fingerprint density at radius 2 is 1.74 bits per heavy atom. The second-order valence-corrected chi connectivity index (χ2v) is 4.73. The van der Waals surface area contributed by atoms with Crippen LogP contribution in [0.25, 0.3) is 0 Å². The first-order valence-corrected chi connectivity index (χ1v) is 6.29. The molecule has 0 amide bonds. The SMILES string of the molecule is CCC(O)(CC)C(O)Cc1cccc(C(F)(F)F)c1. The molecule has 0 spiro atoms. The van der Waals surface area contributed by atoms with E-state index in [1.165, 1.54) is 12.1 Å². The standard InChI is InChI=1S/C14H19F3O2/c1-3-13(19,4-2)12(18)9-10-6-5-7-11(8-10)14(15,16)17/h5-8,12,18-19H,3-4,9H2,1-2H3. The van der Waals surface area contributed by atoms with Crippen molar-refractivity contribution in [3.63, 3.8) is 0 Å². The molecule has 0 aliphatic carbocycles. The Morgan fingerprint density at radius 3 is 2.21 bits per heavy atom. The average molecular weight is 276 g/mol. The molecule has 0 radical (unpaired) electrons. The van der Waals surface area contributed by atoms with Gasteiger partial charge in [-0.2, -0.15) is 13.2 Å². The van der Waals surface area contributed by atoms with Crippen LogP contribution in [-0.4, -0.2) is 21.9 Å². The number of rotatable bonds is 5. The van der Waals surface area contributed by atoms with Gasteiger partial charge in [-0.1, -0.05) is 32.0 Å². The van der Waals surface area contributed by atoms with Crippen LogP contribution in [0.2, 0.25) is 0 Å². The summed E-state index contributed by atoms with van der Waals surface area (Å²) in [4.78, 5) is 0. The highest BCUT2D eigenvalue weighted by Crippen LogP contribution is 2.30. The molecule has 0 aromatic heterocycles. The van der Waals surface area contributed by atoms with Gasteiger partial charge in [0, 0.05) is 6.42 Å². The zero-order chi connectivity index (χ0) is 14.7. The normalized spacial score (nSPS) is 14.5. The smallest absolute Gasteiger partial charge is 0.390 e. The topological polar surface area (TPSA) is 40.5 Å². The van der Waals surface area contributed by atoms with E-state index in [0.717, 1.165) is 12.1 Å². The number of alkyl halides is 3. The fourth-order valence-electron chi connectivity index (χ4n) is 2.01. The molecule has 2 N–H and O–H groups in total. The first kappa shape index (κ1) is 16.0. The summed E-state index contributed by atoms with van der Waals surface area (Å²) in [5, 5.41) is 20.1. The van der Waals surface area contributed by atoms with Crippen molar-refractivity contribution >= 4 is 0 Å². The first-order valence-electron chi connectivity index (χ1n) is 6.29. The van der Waals surface area contributed by atoms with Gasteiger partial charge in [0.1, 0.15) is 0 Å². The number of halogens is 3. The van der Waals surface area contributed by atoms with E-state index >= 15 is 0 Å². The number of aliphatic hydroxyl groups is 2. The molecule has 19 heavy (non-hydrogen) atoms. The molecule has 0 aliphatic rings. The summed E-state index contributed by atoms with van der Waals surface area (Å²) in [5.74, 6) is 0. The van der Waals surface area contributed by atoms with Crippen molar-refractivity contribution in [3.8, 4) is 0 Å². The molecular formula is C14H19F3O2. The Balaban J connectivity index is 2.89. The van der Waals surface area contributed by atoms with Gasteiger partial charge in [-0.3, -0.25) is 0 Å². The van der Waals surface area contributed by atoms with E-state index < -0.39 is 23.4 Å². The molecule has 1 aromatic rings. The van der Waals surface area contributed by atoms with Crippen LogP contribution >= 0.6 is 0 Å². The first-order chi connectivity index (χ1) is 8.73. The van der Waals surface area contributed by atoms with Gasteiger partial charge in [0.25, 0.3) is 0 Å². The lowest BCUT2D eigenvalue weighted by Gasteiger charge is -2.31. The highest BCUT2D eigenvalue weighted by molar-refractivity contribution is 5.26. The van der Waals surface area contributed by atoms with Gasteiger partial charge in [-0.15, -0.1) is 0 Å². The Hall–Kier alpha value is -1.07. The fraction of sp³-hybridized carbons (Fsp3) is 0.571. The van der Waals surface area contributed by atoms with Crippen LogP contribution in [-0.2, 0) is 12.6 Å². The molecular weight excluding hydrogens is 257 g/mol. The van der Waals surface area contributed by atoms with E-state index in [-0.39, 0.29) is 6.42 Å². The number of aliphatic hydroxyl groups excluding tert-OH is 1. The molecule has 1 rings (SSSR count). The van der Waals surface area contributed by atoms with Crippen LogP contribution in [0.5, 0.6) is 0 Å². The third-order valence-corrected chi connectivity index (χ3v) is 3.53. The van der Waals surface area contributed by atoms with Crippen LogP contribution in [0.3, 0.4) is 0 Å². The fourth-order valence-corrected chi connectivity index (χ4v) is 2.01. The molecule has 2 nitrogen and oxygen atoms in total. The Morgan fingerprint density at radius 1 is 1.16 bits per heavy atom. The van der Waals surface area contributed by atoms with Crippen molar-refractivity contribution in [3.05, 3.63) is 35.4 Å². The Kier molecular flexibility index (Phi) is 4.98. The van der Waals surface area contributed by atoms with E-state index in [0.29, 0.717) is 18.4 Å². The van der Waals surface area contributed by atoms with E-state index in [4.69, 9.17) is 0 Å². The third-order valence-electron chi connectivity index (χ3n) is 3.53. The summed E-state index contributed by atoms with van der Waals surface area (Å²) in [6.45, 7) is 3.47. The van der Waals surface area contributed by atoms with Crippen LogP contribution in [0.1, 0.15) is 37.8 Å². The lowest BCUT2D eigenvalue weighted by atomic mass is 9.87. The minimum atomic E-state index is -4.40. The van der Waals surface area contributed by atoms with Crippen LogP contribution in [0.15, 0.2) is 24.3 Å². The maximum Gasteiger partial charge on any atom is 0.416 e. The summed E-state index contributed by atoms with van der Waals surface area (Å²) in [6.07, 6.45) is -4.77. The third kappa shape index (κ3) is 3.94. The van der Waals surface area contributed by atoms with Crippen molar-refractivity contribution < 1.29 is 23.4 Å². The number of benzene rings is 1. The van der Waals surface area contributed by atoms with Crippen molar-refractivity contribution in [2.75, 3.05) is 0 Å². The maximum absolute atomic E-state index is 12.6. The Bertz CT molecular complexity index is 411. The molecule has 1 unspecified atom stereocenters. The maximum atomic E-state index is 12.6. The van der Waals surface area contributed by atoms with Crippen molar-refractivity contribution in [1.82, 2.24) is 0 Å². The molecule has 0 fully saturated rings. The van der Waals surface area contributed by atoms with Gasteiger partial charge < -0.3 is 10.2 Å². The quantitative estimate of drug-likeness (QED) is 0.867. The predicted octanol–water partition coefficient (Wildman–Crippen LogP) is 3.16. The lowest BCUT2D eigenvalue weighted by Crippen LogP contribution is -2.42. The lowest BCUT2D eigenvalue weighted by molar-refractivity contribution is -0.137. The van der Waals surface area contributed by atoms with Gasteiger partial charge in [-0.05, 0) is 24.5 Å². The molecule has 108 valence electrons. The van der Waals surface area contributed by atoms with Gasteiger partial charge >= 0.3 is 6.18 Å². The number of hydrogen-bond donors (Lipinski definition) is 2. The van der Waals surface area contributed by atoms with Gasteiger partial charge in [0.05, 0.1) is 17.3 Å². The van der Waals surface area contributed by atoms with Crippen molar-refractivity contribution in [1.29, 1.82) is 0 Å². The number of hydrogen-bond acceptors (Lipinski definition) is 2. The molecule has 0 saturated carbocycles. The van der Waals surface area contributed by atoms with Gasteiger partial charge in [-0.25, -0.2) is 0 Å². The van der Waals surface area contributed by atoms with E-state index in [1.54, 1.807) is 13.8 Å². The predicted molar refractivity (Wildman–Crippen MR) is 66.7 cm³/mol. The highest BCUT2D eigenvalue weighted by atomic mass is 19.4. The molecule has 0 saturated heterocycles. The van der Waals surface area contributed by atoms with E-state index in [2.05, 4.69) is 0 Å². The van der Waals surface area contributed by atoms with Gasteiger partial charge in [0.15, 0.2) is 0 Å². The Labute approximate surface area is 110 Å². The van der Waals surface area contributed by atoms with Crippen LogP contribution < -0.4 is 0 Å². The largest absolute Gasteiger partial charge is 0.416 e. The van der Waals surface area contributed by atoms with E-state index in [9.17, 15) is 23.4 Å². The molecule has 0 heterocycles. The summed E-state index contributed by atoms with van der Waals surface area (Å²) in [7, 11) is 0. The average Bonchev–Trinajstić information content (AvgIpc) is 2.37. The van der Waals surface area contributed by atoms with Crippen LogP contribution in [0, 0.1) is 0 Å².